The molecule has 2 heterocycles. The van der Waals surface area contributed by atoms with Gasteiger partial charge in [0.25, 0.3) is 0 Å². The predicted molar refractivity (Wildman–Crippen MR) is 84.1 cm³/mol. The minimum Gasteiger partial charge on any atom is -0.398 e. The van der Waals surface area contributed by atoms with Gasteiger partial charge in [0.1, 0.15) is 5.65 Å². The molecule has 0 radical (unpaired) electrons. The first-order valence-corrected chi connectivity index (χ1v) is 7.49. The summed E-state index contributed by atoms with van der Waals surface area (Å²) < 4.78 is 2.31. The average Bonchev–Trinajstić information content (AvgIpc) is 2.73. The fourth-order valence-corrected chi connectivity index (χ4v) is 3.16. The second kappa shape index (κ2) is 5.09. The highest BCUT2D eigenvalue weighted by atomic mass is 15.1. The molecule has 2 aromatic rings. The highest BCUT2D eigenvalue weighted by Crippen LogP contribution is 2.32. The van der Waals surface area contributed by atoms with Crippen LogP contribution in [0.15, 0.2) is 6.07 Å². The Bertz CT molecular complexity index is 640. The summed E-state index contributed by atoms with van der Waals surface area (Å²) in [5, 5.41) is 1.14. The maximum Gasteiger partial charge on any atom is 0.142 e. The summed E-state index contributed by atoms with van der Waals surface area (Å²) in [6, 6.07) is 2.20. The largest absolute Gasteiger partial charge is 0.398 e. The Hall–Kier alpha value is -1.55. The van der Waals surface area contributed by atoms with Crippen LogP contribution in [0, 0.1) is 6.92 Å². The van der Waals surface area contributed by atoms with E-state index in [1.165, 1.54) is 29.8 Å². The average molecular weight is 272 g/mol. The minimum absolute atomic E-state index is 0.966. The number of likely N-dealkylation sites (N-methyl/N-ethyl adjacent to an activating group) is 1. The lowest BCUT2D eigenvalue weighted by Crippen LogP contribution is -2.19. The molecule has 0 amide bonds. The fourth-order valence-electron chi connectivity index (χ4n) is 3.16. The van der Waals surface area contributed by atoms with Crippen LogP contribution in [0.25, 0.3) is 11.0 Å². The molecule has 108 valence electrons. The van der Waals surface area contributed by atoms with Gasteiger partial charge in [-0.2, -0.15) is 0 Å². The normalized spacial score (nSPS) is 15.0. The molecule has 0 saturated heterocycles. The Morgan fingerprint density at radius 2 is 2.05 bits per heavy atom. The van der Waals surface area contributed by atoms with E-state index in [9.17, 15) is 0 Å². The van der Waals surface area contributed by atoms with Crippen molar-refractivity contribution in [2.24, 2.45) is 0 Å². The molecule has 0 spiro atoms. The molecule has 20 heavy (non-hydrogen) atoms. The number of fused-ring (bicyclic) bond motifs is 2. The van der Waals surface area contributed by atoms with E-state index in [0.717, 1.165) is 42.7 Å². The number of aryl methyl sites for hydroxylation is 2. The SMILES string of the molecule is Cc1cc2c(N)c3c(nc2n1CCN(C)C)CCCC3. The van der Waals surface area contributed by atoms with Crippen molar-refractivity contribution in [3.63, 3.8) is 0 Å². The van der Waals surface area contributed by atoms with Crippen molar-refractivity contribution in [2.75, 3.05) is 26.4 Å². The topological polar surface area (TPSA) is 47.1 Å². The maximum atomic E-state index is 6.41. The number of nitrogens with two attached hydrogens (primary N) is 1. The van der Waals surface area contributed by atoms with E-state index in [1.807, 2.05) is 0 Å². The molecule has 0 aliphatic heterocycles. The molecular formula is C16H24N4. The van der Waals surface area contributed by atoms with Gasteiger partial charge >= 0.3 is 0 Å². The van der Waals surface area contributed by atoms with Gasteiger partial charge in [-0.1, -0.05) is 0 Å². The monoisotopic (exact) mass is 272 g/mol. The summed E-state index contributed by atoms with van der Waals surface area (Å²) in [6.45, 7) is 4.13. The van der Waals surface area contributed by atoms with Crippen LogP contribution in [-0.2, 0) is 19.4 Å². The van der Waals surface area contributed by atoms with Gasteiger partial charge in [-0.15, -0.1) is 0 Å². The molecule has 0 bridgehead atoms. The number of nitrogen functional groups attached to an aromatic ring is 1. The first-order chi connectivity index (χ1) is 9.58. The van der Waals surface area contributed by atoms with E-state index in [4.69, 9.17) is 10.7 Å². The molecule has 1 aliphatic carbocycles. The lowest BCUT2D eigenvalue weighted by Gasteiger charge is -2.18. The van der Waals surface area contributed by atoms with Crippen LogP contribution in [0.4, 0.5) is 5.69 Å². The lowest BCUT2D eigenvalue weighted by molar-refractivity contribution is 0.385. The number of anilines is 1. The summed E-state index contributed by atoms with van der Waals surface area (Å²) >= 11 is 0. The molecule has 3 rings (SSSR count). The first-order valence-electron chi connectivity index (χ1n) is 7.49. The number of hydrogen-bond donors (Lipinski definition) is 1. The van der Waals surface area contributed by atoms with Gasteiger partial charge < -0.3 is 15.2 Å². The Morgan fingerprint density at radius 3 is 2.80 bits per heavy atom. The van der Waals surface area contributed by atoms with Gasteiger partial charge in [-0.25, -0.2) is 4.98 Å². The molecule has 2 N–H and O–H groups in total. The zero-order chi connectivity index (χ0) is 14.3. The Labute approximate surface area is 120 Å². The van der Waals surface area contributed by atoms with Gasteiger partial charge in [-0.05, 0) is 58.3 Å². The van der Waals surface area contributed by atoms with Gasteiger partial charge in [0.05, 0.1) is 0 Å². The zero-order valence-electron chi connectivity index (χ0n) is 12.7. The fraction of sp³-hybridized carbons (Fsp3) is 0.562. The minimum atomic E-state index is 0.966. The summed E-state index contributed by atoms with van der Waals surface area (Å²) in [6.07, 6.45) is 4.65. The summed E-state index contributed by atoms with van der Waals surface area (Å²) in [5.41, 5.74) is 12.2. The van der Waals surface area contributed by atoms with Gasteiger partial charge in [0, 0.05) is 35.6 Å². The van der Waals surface area contributed by atoms with Crippen LogP contribution in [0.2, 0.25) is 0 Å². The van der Waals surface area contributed by atoms with E-state index in [1.54, 1.807) is 0 Å². The molecule has 0 atom stereocenters. The Kier molecular flexibility index (Phi) is 3.42. The van der Waals surface area contributed by atoms with E-state index < -0.39 is 0 Å². The Morgan fingerprint density at radius 1 is 1.30 bits per heavy atom. The predicted octanol–water partition coefficient (Wildman–Crippen LogP) is 2.37. The van der Waals surface area contributed by atoms with Crippen molar-refractivity contribution in [3.8, 4) is 0 Å². The number of rotatable bonds is 3. The van der Waals surface area contributed by atoms with Crippen molar-refractivity contribution in [3.05, 3.63) is 23.0 Å². The standard InChI is InChI=1S/C16H24N4/c1-11-10-13-15(17)12-6-4-5-7-14(12)18-16(13)20(11)9-8-19(2)3/h10H,4-9H2,1-3H3,(H2,17,18). The molecule has 0 aromatic carbocycles. The number of aromatic nitrogens is 2. The molecule has 1 aliphatic rings. The summed E-state index contributed by atoms with van der Waals surface area (Å²) in [4.78, 5) is 7.14. The van der Waals surface area contributed by atoms with Crippen molar-refractivity contribution >= 4 is 16.7 Å². The van der Waals surface area contributed by atoms with Crippen molar-refractivity contribution in [2.45, 2.75) is 39.2 Å². The highest BCUT2D eigenvalue weighted by molar-refractivity contribution is 5.91. The summed E-state index contributed by atoms with van der Waals surface area (Å²) in [7, 11) is 4.20. The van der Waals surface area contributed by atoms with Crippen molar-refractivity contribution in [1.29, 1.82) is 0 Å². The third kappa shape index (κ3) is 2.18. The van der Waals surface area contributed by atoms with Crippen LogP contribution < -0.4 is 5.73 Å². The molecule has 0 fully saturated rings. The number of hydrogen-bond acceptors (Lipinski definition) is 3. The number of pyridine rings is 1. The van der Waals surface area contributed by atoms with Gasteiger partial charge in [0.15, 0.2) is 0 Å². The molecule has 0 unspecified atom stereocenters. The van der Waals surface area contributed by atoms with Crippen LogP contribution in [0.3, 0.4) is 0 Å². The first kappa shape index (κ1) is 13.4. The van der Waals surface area contributed by atoms with E-state index >= 15 is 0 Å². The third-order valence-electron chi connectivity index (χ3n) is 4.34. The molecular weight excluding hydrogens is 248 g/mol. The van der Waals surface area contributed by atoms with Crippen LogP contribution in [0.1, 0.15) is 29.8 Å². The molecule has 4 heteroatoms. The second-order valence-electron chi connectivity index (χ2n) is 6.14. The summed E-state index contributed by atoms with van der Waals surface area (Å²) in [5.74, 6) is 0. The van der Waals surface area contributed by atoms with E-state index in [-0.39, 0.29) is 0 Å². The smallest absolute Gasteiger partial charge is 0.142 e. The molecule has 0 saturated carbocycles. The van der Waals surface area contributed by atoms with Gasteiger partial charge in [0.2, 0.25) is 0 Å². The van der Waals surface area contributed by atoms with Crippen LogP contribution in [0.5, 0.6) is 0 Å². The third-order valence-corrected chi connectivity index (χ3v) is 4.34. The maximum absolute atomic E-state index is 6.41. The van der Waals surface area contributed by atoms with Crippen LogP contribution in [-0.4, -0.2) is 35.1 Å². The van der Waals surface area contributed by atoms with Gasteiger partial charge in [-0.3, -0.25) is 0 Å². The van der Waals surface area contributed by atoms with E-state index in [0.29, 0.717) is 0 Å². The van der Waals surface area contributed by atoms with Crippen LogP contribution >= 0.6 is 0 Å². The highest BCUT2D eigenvalue weighted by Gasteiger charge is 2.19. The van der Waals surface area contributed by atoms with E-state index in [2.05, 4.69) is 36.6 Å². The number of nitrogens with zero attached hydrogens (tertiary/aromatic N) is 3. The zero-order valence-corrected chi connectivity index (χ0v) is 12.7. The molecule has 2 aromatic heterocycles. The quantitative estimate of drug-likeness (QED) is 0.933. The Balaban J connectivity index is 2.12. The lowest BCUT2D eigenvalue weighted by atomic mass is 9.94. The van der Waals surface area contributed by atoms with Crippen molar-refractivity contribution in [1.82, 2.24) is 14.5 Å². The van der Waals surface area contributed by atoms with Crippen molar-refractivity contribution < 1.29 is 0 Å². The molecule has 4 nitrogen and oxygen atoms in total. The second-order valence-corrected chi connectivity index (χ2v) is 6.14.